The third-order valence-corrected chi connectivity index (χ3v) is 4.71. The maximum absolute atomic E-state index is 12.4. The van der Waals surface area contributed by atoms with Crippen molar-refractivity contribution in [2.75, 3.05) is 6.54 Å². The summed E-state index contributed by atoms with van der Waals surface area (Å²) in [6.07, 6.45) is 11.4. The molecule has 2 rings (SSSR count). The highest BCUT2D eigenvalue weighted by Crippen LogP contribution is 2.27. The molecule has 24 heavy (non-hydrogen) atoms. The zero-order valence-corrected chi connectivity index (χ0v) is 14.9. The highest BCUT2D eigenvalue weighted by Gasteiger charge is 2.27. The Balaban J connectivity index is 1.84. The van der Waals surface area contributed by atoms with Crippen LogP contribution in [0.2, 0.25) is 0 Å². The van der Waals surface area contributed by atoms with Gasteiger partial charge in [-0.1, -0.05) is 62.4 Å². The first-order valence-corrected chi connectivity index (χ1v) is 8.95. The van der Waals surface area contributed by atoms with Crippen LogP contribution < -0.4 is 11.1 Å². The molecule has 3 N–H and O–H groups in total. The average Bonchev–Trinajstić information content (AvgIpc) is 2.60. The van der Waals surface area contributed by atoms with Gasteiger partial charge >= 0.3 is 0 Å². The number of allylic oxidation sites excluding steroid dienone is 3. The molecule has 1 atom stereocenters. The van der Waals surface area contributed by atoms with Gasteiger partial charge in [0.1, 0.15) is 0 Å². The van der Waals surface area contributed by atoms with E-state index in [1.807, 2.05) is 19.9 Å². The molecule has 0 radical (unpaired) electrons. The van der Waals surface area contributed by atoms with Gasteiger partial charge in [0.2, 0.25) is 5.91 Å². The summed E-state index contributed by atoms with van der Waals surface area (Å²) < 4.78 is 0. The molecule has 0 fully saturated rings. The molecule has 1 amide bonds. The van der Waals surface area contributed by atoms with Crippen LogP contribution in [-0.2, 0) is 4.79 Å². The maximum atomic E-state index is 12.4. The maximum Gasteiger partial charge on any atom is 0.229 e. The van der Waals surface area contributed by atoms with Gasteiger partial charge in [0.05, 0.1) is 0 Å². The lowest BCUT2D eigenvalue weighted by Crippen LogP contribution is -2.37. The second-order valence-electron chi connectivity index (χ2n) is 7.26. The summed E-state index contributed by atoms with van der Waals surface area (Å²) in [5.74, 6) is 0.664. The number of nitrogens with one attached hydrogen (secondary N) is 1. The molecule has 0 bridgehead atoms. The normalized spacial score (nSPS) is 18.5. The number of rotatable bonds is 7. The van der Waals surface area contributed by atoms with E-state index in [2.05, 4.69) is 47.8 Å². The minimum Gasteiger partial charge on any atom is -0.330 e. The summed E-state index contributed by atoms with van der Waals surface area (Å²) in [7, 11) is 0. The molecule has 1 aliphatic rings. The second-order valence-corrected chi connectivity index (χ2v) is 7.26. The predicted octanol–water partition coefficient (Wildman–Crippen LogP) is 4.27. The first-order chi connectivity index (χ1) is 11.5. The summed E-state index contributed by atoms with van der Waals surface area (Å²) in [5.41, 5.74) is 7.51. The predicted molar refractivity (Wildman–Crippen MR) is 101 cm³/mol. The lowest BCUT2D eigenvalue weighted by Gasteiger charge is -2.26. The van der Waals surface area contributed by atoms with E-state index in [0.29, 0.717) is 12.5 Å². The number of hydrogen-bond acceptors (Lipinski definition) is 2. The Morgan fingerprint density at radius 2 is 2.08 bits per heavy atom. The molecule has 3 heteroatoms. The van der Waals surface area contributed by atoms with Crippen LogP contribution in [0.4, 0.5) is 0 Å². The number of carbonyl (C=O) groups excluding carboxylic acids is 1. The largest absolute Gasteiger partial charge is 0.330 e. The van der Waals surface area contributed by atoms with Crippen molar-refractivity contribution in [3.8, 4) is 0 Å². The SMILES string of the molecule is CC(C)(CCCN)C(=O)NC1=CC[C@@H](/C=C/c2ccccc2)CC1. The molecule has 1 aliphatic carbocycles. The van der Waals surface area contributed by atoms with Gasteiger partial charge in [0.15, 0.2) is 0 Å². The van der Waals surface area contributed by atoms with E-state index in [4.69, 9.17) is 5.73 Å². The molecule has 1 aromatic carbocycles. The molecule has 0 heterocycles. The van der Waals surface area contributed by atoms with E-state index in [9.17, 15) is 4.79 Å². The third kappa shape index (κ3) is 5.64. The Kier molecular flexibility index (Phi) is 6.80. The first kappa shape index (κ1) is 18.5. The zero-order chi connectivity index (χ0) is 17.4. The monoisotopic (exact) mass is 326 g/mol. The molecule has 3 nitrogen and oxygen atoms in total. The number of carbonyl (C=O) groups is 1. The summed E-state index contributed by atoms with van der Waals surface area (Å²) in [4.78, 5) is 12.4. The number of hydrogen-bond donors (Lipinski definition) is 2. The summed E-state index contributed by atoms with van der Waals surface area (Å²) in [5, 5.41) is 3.12. The van der Waals surface area contributed by atoms with Gasteiger partial charge in [-0.25, -0.2) is 0 Å². The molecule has 0 saturated heterocycles. The van der Waals surface area contributed by atoms with Crippen LogP contribution in [0.15, 0.2) is 48.2 Å². The van der Waals surface area contributed by atoms with E-state index in [-0.39, 0.29) is 11.3 Å². The molecule has 1 aromatic rings. The van der Waals surface area contributed by atoms with Gasteiger partial charge in [-0.3, -0.25) is 4.79 Å². The van der Waals surface area contributed by atoms with E-state index in [0.717, 1.165) is 37.8 Å². The van der Waals surface area contributed by atoms with Gasteiger partial charge in [-0.15, -0.1) is 0 Å². The van der Waals surface area contributed by atoms with Crippen LogP contribution in [0.1, 0.15) is 51.5 Å². The fourth-order valence-electron chi connectivity index (χ4n) is 2.93. The summed E-state index contributed by atoms with van der Waals surface area (Å²) >= 11 is 0. The minimum atomic E-state index is -0.357. The average molecular weight is 326 g/mol. The van der Waals surface area contributed by atoms with E-state index in [1.165, 1.54) is 5.56 Å². The molecule has 0 unspecified atom stereocenters. The standard InChI is InChI=1S/C21H30N2O/c1-21(2,15-6-16-22)20(24)23-19-13-11-18(12-14-19)10-9-17-7-4-3-5-8-17/h3-5,7-10,13,18H,6,11-12,14-16,22H2,1-2H3,(H,23,24)/b10-9+/t18-/m1/s1. The third-order valence-electron chi connectivity index (χ3n) is 4.71. The molecule has 0 saturated carbocycles. The van der Waals surface area contributed by atoms with Gasteiger partial charge in [0, 0.05) is 11.1 Å². The molecule has 0 aliphatic heterocycles. The molecular weight excluding hydrogens is 296 g/mol. The van der Waals surface area contributed by atoms with Crippen molar-refractivity contribution in [2.45, 2.75) is 46.0 Å². The first-order valence-electron chi connectivity index (χ1n) is 8.95. The fraction of sp³-hybridized carbons (Fsp3) is 0.476. The topological polar surface area (TPSA) is 55.1 Å². The quantitative estimate of drug-likeness (QED) is 0.786. The van der Waals surface area contributed by atoms with Crippen molar-refractivity contribution < 1.29 is 4.79 Å². The summed E-state index contributed by atoms with van der Waals surface area (Å²) in [6.45, 7) is 4.62. The van der Waals surface area contributed by atoms with Crippen molar-refractivity contribution in [1.29, 1.82) is 0 Å². The van der Waals surface area contributed by atoms with Crippen molar-refractivity contribution in [3.05, 3.63) is 53.7 Å². The molecule has 130 valence electrons. The number of nitrogens with two attached hydrogens (primary N) is 1. The van der Waals surface area contributed by atoms with Gasteiger partial charge in [-0.05, 0) is 50.1 Å². The smallest absolute Gasteiger partial charge is 0.229 e. The summed E-state index contributed by atoms with van der Waals surface area (Å²) in [6, 6.07) is 10.4. The Bertz CT molecular complexity index is 587. The Morgan fingerprint density at radius 1 is 1.33 bits per heavy atom. The van der Waals surface area contributed by atoms with Crippen LogP contribution >= 0.6 is 0 Å². The van der Waals surface area contributed by atoms with Crippen molar-refractivity contribution in [2.24, 2.45) is 17.1 Å². The Morgan fingerprint density at radius 3 is 2.71 bits per heavy atom. The highest BCUT2D eigenvalue weighted by atomic mass is 16.2. The van der Waals surface area contributed by atoms with E-state index < -0.39 is 0 Å². The van der Waals surface area contributed by atoms with Crippen molar-refractivity contribution >= 4 is 12.0 Å². The highest BCUT2D eigenvalue weighted by molar-refractivity contribution is 5.83. The molecular formula is C21H30N2O. The lowest BCUT2D eigenvalue weighted by atomic mass is 9.86. The van der Waals surface area contributed by atoms with Crippen LogP contribution in [0.25, 0.3) is 6.08 Å². The fourth-order valence-corrected chi connectivity index (χ4v) is 2.93. The lowest BCUT2D eigenvalue weighted by molar-refractivity contribution is -0.129. The van der Waals surface area contributed by atoms with E-state index >= 15 is 0 Å². The zero-order valence-electron chi connectivity index (χ0n) is 14.9. The number of amides is 1. The van der Waals surface area contributed by atoms with Gasteiger partial charge in [0.25, 0.3) is 0 Å². The van der Waals surface area contributed by atoms with Gasteiger partial charge in [-0.2, -0.15) is 0 Å². The Labute approximate surface area is 146 Å². The second kappa shape index (κ2) is 8.84. The number of benzene rings is 1. The van der Waals surface area contributed by atoms with Crippen LogP contribution in [0, 0.1) is 11.3 Å². The Hall–Kier alpha value is -1.87. The van der Waals surface area contributed by atoms with Crippen LogP contribution in [0.3, 0.4) is 0 Å². The van der Waals surface area contributed by atoms with Crippen molar-refractivity contribution in [3.63, 3.8) is 0 Å². The molecule has 0 spiro atoms. The van der Waals surface area contributed by atoms with Gasteiger partial charge < -0.3 is 11.1 Å². The van der Waals surface area contributed by atoms with E-state index in [1.54, 1.807) is 0 Å². The van der Waals surface area contributed by atoms with Crippen LogP contribution in [0.5, 0.6) is 0 Å². The molecule has 0 aromatic heterocycles. The van der Waals surface area contributed by atoms with Crippen molar-refractivity contribution in [1.82, 2.24) is 5.32 Å². The minimum absolute atomic E-state index is 0.112. The van der Waals surface area contributed by atoms with Crippen LogP contribution in [-0.4, -0.2) is 12.5 Å².